The van der Waals surface area contributed by atoms with Crippen molar-refractivity contribution in [3.05, 3.63) is 47.3 Å². The molecule has 0 radical (unpaired) electrons. The summed E-state index contributed by atoms with van der Waals surface area (Å²) in [6.45, 7) is 7.07. The third-order valence-electron chi connectivity index (χ3n) is 3.96. The first-order valence-corrected chi connectivity index (χ1v) is 6.93. The number of ketones is 1. The summed E-state index contributed by atoms with van der Waals surface area (Å²) in [5.74, 6) is 0.265. The molecule has 0 N–H and O–H groups in total. The number of nitrogens with zero attached hydrogens (tertiary/aromatic N) is 3. The topological polar surface area (TPSA) is 47.8 Å². The van der Waals surface area contributed by atoms with Crippen LogP contribution in [-0.2, 0) is 13.0 Å². The molecule has 4 heteroatoms. The highest BCUT2D eigenvalue weighted by atomic mass is 16.1. The number of aryl methyl sites for hydroxylation is 1. The Hall–Kier alpha value is -1.97. The van der Waals surface area contributed by atoms with Gasteiger partial charge in [-0.3, -0.25) is 4.79 Å². The van der Waals surface area contributed by atoms with Gasteiger partial charge < -0.3 is 4.57 Å². The highest BCUT2D eigenvalue weighted by Gasteiger charge is 2.33. The zero-order valence-electron chi connectivity index (χ0n) is 12.2. The molecule has 2 aromatic heterocycles. The quantitative estimate of drug-likeness (QED) is 0.842. The molecule has 0 saturated heterocycles. The molecule has 104 valence electrons. The van der Waals surface area contributed by atoms with E-state index in [9.17, 15) is 4.79 Å². The highest BCUT2D eigenvalue weighted by Crippen LogP contribution is 2.36. The molecule has 0 atom stereocenters. The Labute approximate surface area is 118 Å². The van der Waals surface area contributed by atoms with Crippen molar-refractivity contribution in [1.29, 1.82) is 0 Å². The fourth-order valence-electron chi connectivity index (χ4n) is 3.00. The van der Waals surface area contributed by atoms with E-state index in [0.717, 1.165) is 29.1 Å². The summed E-state index contributed by atoms with van der Waals surface area (Å²) >= 11 is 0. The molecule has 0 fully saturated rings. The summed E-state index contributed by atoms with van der Waals surface area (Å²) in [5.41, 5.74) is 4.19. The molecule has 0 aromatic carbocycles. The third-order valence-corrected chi connectivity index (χ3v) is 3.96. The van der Waals surface area contributed by atoms with Crippen molar-refractivity contribution < 1.29 is 4.79 Å². The number of hydrogen-bond acceptors (Lipinski definition) is 3. The first-order chi connectivity index (χ1) is 9.46. The smallest absolute Gasteiger partial charge is 0.165 e. The van der Waals surface area contributed by atoms with Gasteiger partial charge in [0.25, 0.3) is 0 Å². The van der Waals surface area contributed by atoms with E-state index >= 15 is 0 Å². The van der Waals surface area contributed by atoms with E-state index in [0.29, 0.717) is 13.0 Å². The van der Waals surface area contributed by atoms with Crippen molar-refractivity contribution in [2.45, 2.75) is 40.2 Å². The standard InChI is InChI=1S/C16H19N3O/c1-11-6-13-14(7-16(2,3)8-15(13)20)19(11)9-12-4-5-17-10-18-12/h4-6,10H,7-9H2,1-3H3. The average Bonchev–Trinajstić information content (AvgIpc) is 2.67. The zero-order valence-corrected chi connectivity index (χ0v) is 12.2. The summed E-state index contributed by atoms with van der Waals surface area (Å²) in [6.07, 6.45) is 4.89. The molecule has 0 saturated carbocycles. The molecule has 20 heavy (non-hydrogen) atoms. The molecule has 0 unspecified atom stereocenters. The van der Waals surface area contributed by atoms with Crippen LogP contribution in [0.4, 0.5) is 0 Å². The predicted molar refractivity (Wildman–Crippen MR) is 76.7 cm³/mol. The van der Waals surface area contributed by atoms with Gasteiger partial charge >= 0.3 is 0 Å². The molecule has 2 heterocycles. The largest absolute Gasteiger partial charge is 0.342 e. The number of hydrogen-bond donors (Lipinski definition) is 0. The summed E-state index contributed by atoms with van der Waals surface area (Å²) in [7, 11) is 0. The predicted octanol–water partition coefficient (Wildman–Crippen LogP) is 2.79. The van der Waals surface area contributed by atoms with E-state index in [4.69, 9.17) is 0 Å². The Morgan fingerprint density at radius 1 is 1.35 bits per heavy atom. The molecule has 0 aliphatic heterocycles. The van der Waals surface area contributed by atoms with Gasteiger partial charge in [0.15, 0.2) is 5.78 Å². The van der Waals surface area contributed by atoms with Crippen LogP contribution in [0, 0.1) is 12.3 Å². The van der Waals surface area contributed by atoms with Gasteiger partial charge in [-0.25, -0.2) is 9.97 Å². The van der Waals surface area contributed by atoms with E-state index in [2.05, 4.69) is 35.3 Å². The number of carbonyl (C=O) groups excluding carboxylic acids is 1. The maximum Gasteiger partial charge on any atom is 0.165 e. The van der Waals surface area contributed by atoms with Gasteiger partial charge in [0, 0.05) is 29.6 Å². The number of carbonyl (C=O) groups is 1. The molecule has 1 aliphatic rings. The van der Waals surface area contributed by atoms with Gasteiger partial charge in [-0.2, -0.15) is 0 Å². The monoisotopic (exact) mass is 269 g/mol. The van der Waals surface area contributed by atoms with Crippen molar-refractivity contribution in [3.63, 3.8) is 0 Å². The van der Waals surface area contributed by atoms with Crippen LogP contribution in [0.1, 0.15) is 47.7 Å². The van der Waals surface area contributed by atoms with Gasteiger partial charge in [0.05, 0.1) is 12.2 Å². The fraction of sp³-hybridized carbons (Fsp3) is 0.438. The van der Waals surface area contributed by atoms with Crippen LogP contribution in [0.15, 0.2) is 24.7 Å². The molecular weight excluding hydrogens is 250 g/mol. The molecule has 2 aromatic rings. The van der Waals surface area contributed by atoms with Crippen molar-refractivity contribution in [1.82, 2.24) is 14.5 Å². The summed E-state index contributed by atoms with van der Waals surface area (Å²) < 4.78 is 2.22. The zero-order chi connectivity index (χ0) is 14.3. The second kappa shape index (κ2) is 4.54. The SMILES string of the molecule is Cc1cc2c(n1Cc1ccncn1)CC(C)(C)CC2=O. The number of aromatic nitrogens is 3. The van der Waals surface area contributed by atoms with Crippen LogP contribution in [-0.4, -0.2) is 20.3 Å². The lowest BCUT2D eigenvalue weighted by atomic mass is 9.76. The lowest BCUT2D eigenvalue weighted by Gasteiger charge is -2.29. The Bertz CT molecular complexity index is 656. The normalized spacial score (nSPS) is 17.1. The minimum Gasteiger partial charge on any atom is -0.342 e. The third kappa shape index (κ3) is 2.26. The second-order valence-corrected chi connectivity index (χ2v) is 6.37. The Balaban J connectivity index is 2.03. The van der Waals surface area contributed by atoms with E-state index < -0.39 is 0 Å². The van der Waals surface area contributed by atoms with Gasteiger partial charge in [-0.15, -0.1) is 0 Å². The molecule has 0 spiro atoms. The van der Waals surface area contributed by atoms with Gasteiger partial charge in [-0.1, -0.05) is 13.8 Å². The molecule has 0 bridgehead atoms. The average molecular weight is 269 g/mol. The minimum absolute atomic E-state index is 0.0400. The first-order valence-electron chi connectivity index (χ1n) is 6.93. The Morgan fingerprint density at radius 3 is 2.85 bits per heavy atom. The number of fused-ring (bicyclic) bond motifs is 1. The Kier molecular flexibility index (Phi) is 2.96. The molecule has 4 nitrogen and oxygen atoms in total. The molecule has 0 amide bonds. The van der Waals surface area contributed by atoms with Crippen LogP contribution >= 0.6 is 0 Å². The van der Waals surface area contributed by atoms with Crippen molar-refractivity contribution >= 4 is 5.78 Å². The van der Waals surface area contributed by atoms with Crippen LogP contribution in [0.25, 0.3) is 0 Å². The van der Waals surface area contributed by atoms with Crippen LogP contribution in [0.5, 0.6) is 0 Å². The van der Waals surface area contributed by atoms with E-state index in [1.807, 2.05) is 12.1 Å². The molecule has 1 aliphatic carbocycles. The van der Waals surface area contributed by atoms with Crippen LogP contribution in [0.3, 0.4) is 0 Å². The fourth-order valence-corrected chi connectivity index (χ4v) is 3.00. The van der Waals surface area contributed by atoms with Crippen LogP contribution < -0.4 is 0 Å². The molecule has 3 rings (SSSR count). The number of Topliss-reactive ketones (excluding diaryl/α,β-unsaturated/α-hetero) is 1. The minimum atomic E-state index is 0.0400. The van der Waals surface area contributed by atoms with Crippen LogP contribution in [0.2, 0.25) is 0 Å². The van der Waals surface area contributed by atoms with Crippen molar-refractivity contribution in [3.8, 4) is 0 Å². The number of rotatable bonds is 2. The summed E-state index contributed by atoms with van der Waals surface area (Å²) in [4.78, 5) is 20.5. The van der Waals surface area contributed by atoms with Crippen molar-refractivity contribution in [2.24, 2.45) is 5.41 Å². The van der Waals surface area contributed by atoms with Gasteiger partial charge in [0.1, 0.15) is 6.33 Å². The summed E-state index contributed by atoms with van der Waals surface area (Å²) in [5, 5.41) is 0. The highest BCUT2D eigenvalue weighted by molar-refractivity contribution is 5.99. The maximum absolute atomic E-state index is 12.3. The lowest BCUT2D eigenvalue weighted by molar-refractivity contribution is 0.0910. The van der Waals surface area contributed by atoms with Gasteiger partial charge in [0.2, 0.25) is 0 Å². The Morgan fingerprint density at radius 2 is 2.15 bits per heavy atom. The maximum atomic E-state index is 12.3. The van der Waals surface area contributed by atoms with E-state index in [1.165, 1.54) is 0 Å². The molecular formula is C16H19N3O. The second-order valence-electron chi connectivity index (χ2n) is 6.37. The summed E-state index contributed by atoms with van der Waals surface area (Å²) in [6, 6.07) is 3.94. The lowest BCUT2D eigenvalue weighted by Crippen LogP contribution is -2.28. The van der Waals surface area contributed by atoms with E-state index in [1.54, 1.807) is 12.5 Å². The van der Waals surface area contributed by atoms with Gasteiger partial charge in [-0.05, 0) is 30.9 Å². The first kappa shape index (κ1) is 13.0. The van der Waals surface area contributed by atoms with Crippen molar-refractivity contribution in [2.75, 3.05) is 0 Å². The van der Waals surface area contributed by atoms with E-state index in [-0.39, 0.29) is 11.2 Å².